The standard InChI is InChI=1S/C20H27N3O2/c1-16-13-19(25-22-16)14-20(24)21-11-10-18-9-5-6-12-23(18)15-17-7-3-2-4-8-17/h2-4,7-8,13,18H,5-6,9-12,14-15H2,1H3,(H,21,24)/t18-/m0/s1. The van der Waals surface area contributed by atoms with E-state index in [1.807, 2.05) is 13.0 Å². The molecule has 0 saturated carbocycles. The normalized spacial score (nSPS) is 18.2. The molecule has 0 aliphatic carbocycles. The summed E-state index contributed by atoms with van der Waals surface area (Å²) in [4.78, 5) is 14.6. The van der Waals surface area contributed by atoms with Crippen LogP contribution in [0.2, 0.25) is 0 Å². The van der Waals surface area contributed by atoms with E-state index in [0.717, 1.165) is 25.2 Å². The number of aromatic nitrogens is 1. The van der Waals surface area contributed by atoms with Crippen LogP contribution in [0.3, 0.4) is 0 Å². The fraction of sp³-hybridized carbons (Fsp3) is 0.500. The number of benzene rings is 1. The molecule has 5 heteroatoms. The first kappa shape index (κ1) is 17.7. The van der Waals surface area contributed by atoms with Crippen LogP contribution < -0.4 is 5.32 Å². The van der Waals surface area contributed by atoms with Gasteiger partial charge in [0.15, 0.2) is 0 Å². The number of carbonyl (C=O) groups excluding carboxylic acids is 1. The third kappa shape index (κ3) is 5.43. The molecular formula is C20H27N3O2. The van der Waals surface area contributed by atoms with Crippen molar-refractivity contribution in [1.82, 2.24) is 15.4 Å². The first-order valence-electron chi connectivity index (χ1n) is 9.17. The highest BCUT2D eigenvalue weighted by Crippen LogP contribution is 2.21. The van der Waals surface area contributed by atoms with Gasteiger partial charge in [-0.05, 0) is 38.3 Å². The SMILES string of the molecule is Cc1cc(CC(=O)NCC[C@@H]2CCCCN2Cc2ccccc2)on1. The van der Waals surface area contributed by atoms with Crippen molar-refractivity contribution in [3.63, 3.8) is 0 Å². The van der Waals surface area contributed by atoms with Gasteiger partial charge in [-0.15, -0.1) is 0 Å². The zero-order valence-corrected chi connectivity index (χ0v) is 14.9. The Hall–Kier alpha value is -2.14. The number of likely N-dealkylation sites (tertiary alicyclic amines) is 1. The summed E-state index contributed by atoms with van der Waals surface area (Å²) < 4.78 is 5.10. The first-order chi connectivity index (χ1) is 12.2. The molecule has 5 nitrogen and oxygen atoms in total. The van der Waals surface area contributed by atoms with E-state index < -0.39 is 0 Å². The van der Waals surface area contributed by atoms with Gasteiger partial charge in [0.1, 0.15) is 5.76 Å². The lowest BCUT2D eigenvalue weighted by Gasteiger charge is -2.36. The lowest BCUT2D eigenvalue weighted by Crippen LogP contribution is -2.41. The maximum absolute atomic E-state index is 12.0. The van der Waals surface area contributed by atoms with Gasteiger partial charge < -0.3 is 9.84 Å². The number of carbonyl (C=O) groups is 1. The lowest BCUT2D eigenvalue weighted by atomic mass is 9.98. The summed E-state index contributed by atoms with van der Waals surface area (Å²) in [5.74, 6) is 0.625. The van der Waals surface area contributed by atoms with Crippen molar-refractivity contribution in [2.24, 2.45) is 0 Å². The summed E-state index contributed by atoms with van der Waals surface area (Å²) in [6, 6.07) is 13.0. The van der Waals surface area contributed by atoms with Gasteiger partial charge >= 0.3 is 0 Å². The van der Waals surface area contributed by atoms with Crippen LogP contribution in [0.5, 0.6) is 0 Å². The molecule has 2 heterocycles. The van der Waals surface area contributed by atoms with Crippen LogP contribution in [0, 0.1) is 6.92 Å². The predicted molar refractivity (Wildman–Crippen MR) is 97.1 cm³/mol. The minimum atomic E-state index is 0.00145. The zero-order valence-electron chi connectivity index (χ0n) is 14.9. The van der Waals surface area contributed by atoms with E-state index in [1.54, 1.807) is 0 Å². The lowest BCUT2D eigenvalue weighted by molar-refractivity contribution is -0.120. The summed E-state index contributed by atoms with van der Waals surface area (Å²) in [7, 11) is 0. The Bertz CT molecular complexity index is 669. The molecule has 1 saturated heterocycles. The largest absolute Gasteiger partial charge is 0.361 e. The number of nitrogens with zero attached hydrogens (tertiary/aromatic N) is 2. The van der Waals surface area contributed by atoms with Gasteiger partial charge in [-0.1, -0.05) is 41.9 Å². The molecule has 1 aliphatic heterocycles. The van der Waals surface area contributed by atoms with E-state index in [4.69, 9.17) is 4.52 Å². The van der Waals surface area contributed by atoms with Gasteiger partial charge in [-0.2, -0.15) is 0 Å². The predicted octanol–water partition coefficient (Wildman–Crippen LogP) is 3.09. The van der Waals surface area contributed by atoms with Crippen LogP contribution >= 0.6 is 0 Å². The number of amides is 1. The third-order valence-electron chi connectivity index (χ3n) is 4.79. The number of hydrogen-bond acceptors (Lipinski definition) is 4. The van der Waals surface area contributed by atoms with Crippen molar-refractivity contribution in [2.45, 2.75) is 51.6 Å². The Morgan fingerprint density at radius 1 is 1.32 bits per heavy atom. The molecule has 1 aromatic heterocycles. The minimum Gasteiger partial charge on any atom is -0.361 e. The molecule has 1 N–H and O–H groups in total. The number of piperidine rings is 1. The van der Waals surface area contributed by atoms with E-state index in [1.165, 1.54) is 24.8 Å². The van der Waals surface area contributed by atoms with Gasteiger partial charge in [0.25, 0.3) is 0 Å². The molecule has 3 rings (SSSR count). The highest BCUT2D eigenvalue weighted by molar-refractivity contribution is 5.77. The minimum absolute atomic E-state index is 0.00145. The Kier molecular flexibility index (Phi) is 6.23. The fourth-order valence-corrected chi connectivity index (χ4v) is 3.51. The number of nitrogens with one attached hydrogen (secondary N) is 1. The second-order valence-corrected chi connectivity index (χ2v) is 6.86. The first-order valence-corrected chi connectivity index (χ1v) is 9.17. The van der Waals surface area contributed by atoms with Crippen molar-refractivity contribution < 1.29 is 9.32 Å². The van der Waals surface area contributed by atoms with Crippen molar-refractivity contribution in [3.8, 4) is 0 Å². The topological polar surface area (TPSA) is 58.4 Å². The van der Waals surface area contributed by atoms with E-state index in [0.29, 0.717) is 18.3 Å². The van der Waals surface area contributed by atoms with Gasteiger partial charge in [0.05, 0.1) is 12.1 Å². The molecule has 0 radical (unpaired) electrons. The molecule has 1 amide bonds. The van der Waals surface area contributed by atoms with E-state index in [-0.39, 0.29) is 12.3 Å². The average Bonchev–Trinajstić information content (AvgIpc) is 3.02. The molecule has 1 aromatic carbocycles. The van der Waals surface area contributed by atoms with Crippen LogP contribution in [-0.2, 0) is 17.8 Å². The summed E-state index contributed by atoms with van der Waals surface area (Å²) >= 11 is 0. The van der Waals surface area contributed by atoms with Crippen LogP contribution in [-0.4, -0.2) is 35.1 Å². The van der Waals surface area contributed by atoms with Crippen LogP contribution in [0.25, 0.3) is 0 Å². The van der Waals surface area contributed by atoms with Gasteiger partial charge in [0.2, 0.25) is 5.91 Å². The second-order valence-electron chi connectivity index (χ2n) is 6.86. The third-order valence-corrected chi connectivity index (χ3v) is 4.79. The maximum atomic E-state index is 12.0. The highest BCUT2D eigenvalue weighted by atomic mass is 16.5. The molecule has 1 atom stereocenters. The van der Waals surface area contributed by atoms with E-state index >= 15 is 0 Å². The van der Waals surface area contributed by atoms with Crippen LogP contribution in [0.1, 0.15) is 42.7 Å². The van der Waals surface area contributed by atoms with Crippen molar-refractivity contribution >= 4 is 5.91 Å². The summed E-state index contributed by atoms with van der Waals surface area (Å²) in [5.41, 5.74) is 2.17. The second kappa shape index (κ2) is 8.81. The van der Waals surface area contributed by atoms with Gasteiger partial charge in [0, 0.05) is 25.2 Å². The Morgan fingerprint density at radius 2 is 2.16 bits per heavy atom. The highest BCUT2D eigenvalue weighted by Gasteiger charge is 2.22. The van der Waals surface area contributed by atoms with E-state index in [2.05, 4.69) is 45.7 Å². The van der Waals surface area contributed by atoms with Crippen LogP contribution in [0.15, 0.2) is 40.9 Å². The van der Waals surface area contributed by atoms with Crippen molar-refractivity contribution in [2.75, 3.05) is 13.1 Å². The molecule has 1 aliphatic rings. The maximum Gasteiger partial charge on any atom is 0.227 e. The summed E-state index contributed by atoms with van der Waals surface area (Å²) in [6.07, 6.45) is 5.01. The zero-order chi connectivity index (χ0) is 17.5. The van der Waals surface area contributed by atoms with Crippen molar-refractivity contribution in [1.29, 1.82) is 0 Å². The quantitative estimate of drug-likeness (QED) is 0.841. The monoisotopic (exact) mass is 341 g/mol. The molecular weight excluding hydrogens is 314 g/mol. The molecule has 1 fully saturated rings. The smallest absolute Gasteiger partial charge is 0.227 e. The van der Waals surface area contributed by atoms with Gasteiger partial charge in [-0.3, -0.25) is 9.69 Å². The average molecular weight is 341 g/mol. The Balaban J connectivity index is 1.44. The number of aryl methyl sites for hydroxylation is 1. The van der Waals surface area contributed by atoms with Crippen LogP contribution in [0.4, 0.5) is 0 Å². The molecule has 0 bridgehead atoms. The molecule has 0 unspecified atom stereocenters. The van der Waals surface area contributed by atoms with Crippen molar-refractivity contribution in [3.05, 3.63) is 53.4 Å². The summed E-state index contributed by atoms with van der Waals surface area (Å²) in [5, 5.41) is 6.83. The fourth-order valence-electron chi connectivity index (χ4n) is 3.51. The van der Waals surface area contributed by atoms with Gasteiger partial charge in [-0.25, -0.2) is 0 Å². The van der Waals surface area contributed by atoms with E-state index in [9.17, 15) is 4.79 Å². The molecule has 25 heavy (non-hydrogen) atoms. The Morgan fingerprint density at radius 3 is 2.92 bits per heavy atom. The Labute approximate surface area is 149 Å². The number of hydrogen-bond donors (Lipinski definition) is 1. The molecule has 134 valence electrons. The molecule has 2 aromatic rings. The number of rotatable bonds is 7. The molecule has 0 spiro atoms. The summed E-state index contributed by atoms with van der Waals surface area (Å²) in [6.45, 7) is 4.71.